The average Bonchev–Trinajstić information content (AvgIpc) is 2.42. The minimum atomic E-state index is -0.0622. The van der Waals surface area contributed by atoms with E-state index in [0.717, 1.165) is 5.56 Å². The molecule has 0 saturated heterocycles. The van der Waals surface area contributed by atoms with Crippen molar-refractivity contribution >= 4 is 11.6 Å². The maximum absolute atomic E-state index is 11.5. The third-order valence-electron chi connectivity index (χ3n) is 2.67. The van der Waals surface area contributed by atoms with Gasteiger partial charge in [0.15, 0.2) is 0 Å². The molecule has 0 amide bonds. The molecule has 0 atom stereocenters. The van der Waals surface area contributed by atoms with Crippen molar-refractivity contribution in [2.45, 2.75) is 13.2 Å². The SMILES string of the molecule is O=c1ccccn1CCOc1ccc(CO)cc1Cl. The zero-order valence-electron chi connectivity index (χ0n) is 10.3. The molecule has 4 nitrogen and oxygen atoms in total. The van der Waals surface area contributed by atoms with E-state index in [1.165, 1.54) is 6.07 Å². The second kappa shape index (κ2) is 6.41. The summed E-state index contributed by atoms with van der Waals surface area (Å²) in [5, 5.41) is 9.42. The van der Waals surface area contributed by atoms with Crippen molar-refractivity contribution in [1.82, 2.24) is 4.57 Å². The number of hydrogen-bond acceptors (Lipinski definition) is 3. The highest BCUT2D eigenvalue weighted by atomic mass is 35.5. The number of pyridine rings is 1. The fourth-order valence-corrected chi connectivity index (χ4v) is 1.92. The predicted octanol–water partition coefficient (Wildman–Crippen LogP) is 2.07. The number of aliphatic hydroxyl groups is 1. The van der Waals surface area contributed by atoms with E-state index in [1.807, 2.05) is 0 Å². The second-order valence-electron chi connectivity index (χ2n) is 4.00. The number of ether oxygens (including phenoxy) is 1. The molecule has 2 aromatic rings. The summed E-state index contributed by atoms with van der Waals surface area (Å²) in [5.74, 6) is 0.544. The Morgan fingerprint density at radius 3 is 2.79 bits per heavy atom. The molecule has 1 N–H and O–H groups in total. The lowest BCUT2D eigenvalue weighted by Crippen LogP contribution is -2.21. The maximum atomic E-state index is 11.5. The van der Waals surface area contributed by atoms with Crippen LogP contribution in [0.5, 0.6) is 5.75 Å². The van der Waals surface area contributed by atoms with Gasteiger partial charge in [0.25, 0.3) is 5.56 Å². The molecule has 0 aliphatic rings. The first-order valence-electron chi connectivity index (χ1n) is 5.88. The Kier molecular flexibility index (Phi) is 4.60. The topological polar surface area (TPSA) is 51.5 Å². The predicted molar refractivity (Wildman–Crippen MR) is 73.6 cm³/mol. The molecule has 0 radical (unpaired) electrons. The molecule has 0 fully saturated rings. The molecule has 0 saturated carbocycles. The van der Waals surface area contributed by atoms with E-state index in [2.05, 4.69) is 0 Å². The van der Waals surface area contributed by atoms with Gasteiger partial charge in [-0.15, -0.1) is 0 Å². The summed E-state index contributed by atoms with van der Waals surface area (Å²) in [4.78, 5) is 11.5. The first kappa shape index (κ1) is 13.6. The van der Waals surface area contributed by atoms with Crippen LogP contribution in [0.25, 0.3) is 0 Å². The Morgan fingerprint density at radius 1 is 1.26 bits per heavy atom. The standard InChI is InChI=1S/C14H14ClNO3/c15-12-9-11(10-17)4-5-13(12)19-8-7-16-6-2-1-3-14(16)18/h1-6,9,17H,7-8,10H2. The van der Waals surface area contributed by atoms with Crippen molar-refractivity contribution in [3.8, 4) is 5.75 Å². The van der Waals surface area contributed by atoms with Gasteiger partial charge < -0.3 is 14.4 Å². The summed E-state index contributed by atoms with van der Waals surface area (Å²) in [7, 11) is 0. The molecule has 0 unspecified atom stereocenters. The molecule has 5 heteroatoms. The highest BCUT2D eigenvalue weighted by Gasteiger charge is 2.03. The van der Waals surface area contributed by atoms with Crippen LogP contribution in [-0.2, 0) is 13.2 Å². The van der Waals surface area contributed by atoms with Gasteiger partial charge in [-0.25, -0.2) is 0 Å². The van der Waals surface area contributed by atoms with Crippen molar-refractivity contribution in [3.63, 3.8) is 0 Å². The Morgan fingerprint density at radius 2 is 2.11 bits per heavy atom. The summed E-state index contributed by atoms with van der Waals surface area (Å²) in [6.45, 7) is 0.749. The fourth-order valence-electron chi connectivity index (χ4n) is 1.66. The van der Waals surface area contributed by atoms with Gasteiger partial charge in [-0.1, -0.05) is 23.7 Å². The Bertz CT molecular complexity index is 610. The fraction of sp³-hybridized carbons (Fsp3) is 0.214. The largest absolute Gasteiger partial charge is 0.490 e. The van der Waals surface area contributed by atoms with Crippen LogP contribution in [0, 0.1) is 0 Å². The normalized spacial score (nSPS) is 10.4. The smallest absolute Gasteiger partial charge is 0.250 e. The zero-order valence-corrected chi connectivity index (χ0v) is 11.0. The molecule has 0 spiro atoms. The van der Waals surface area contributed by atoms with Crippen LogP contribution in [0.1, 0.15) is 5.56 Å². The number of halogens is 1. The second-order valence-corrected chi connectivity index (χ2v) is 4.41. The van der Waals surface area contributed by atoms with Gasteiger partial charge in [-0.3, -0.25) is 4.79 Å². The first-order valence-corrected chi connectivity index (χ1v) is 6.26. The van der Waals surface area contributed by atoms with Gasteiger partial charge in [-0.05, 0) is 23.8 Å². The Balaban J connectivity index is 1.96. The molecule has 19 heavy (non-hydrogen) atoms. The first-order chi connectivity index (χ1) is 9.20. The number of nitrogens with zero attached hydrogens (tertiary/aromatic N) is 1. The van der Waals surface area contributed by atoms with E-state index in [4.69, 9.17) is 21.4 Å². The van der Waals surface area contributed by atoms with Crippen molar-refractivity contribution < 1.29 is 9.84 Å². The lowest BCUT2D eigenvalue weighted by Gasteiger charge is -2.10. The average molecular weight is 280 g/mol. The summed E-state index contributed by atoms with van der Waals surface area (Å²) in [6, 6.07) is 10.1. The molecule has 0 aliphatic carbocycles. The number of rotatable bonds is 5. The van der Waals surface area contributed by atoms with E-state index in [-0.39, 0.29) is 12.2 Å². The molecule has 0 aliphatic heterocycles. The molecule has 2 rings (SSSR count). The minimum Gasteiger partial charge on any atom is -0.490 e. The Hall–Kier alpha value is -1.78. The van der Waals surface area contributed by atoms with Crippen LogP contribution in [-0.4, -0.2) is 16.3 Å². The Labute approximate surface area is 115 Å². The lowest BCUT2D eigenvalue weighted by atomic mass is 10.2. The van der Waals surface area contributed by atoms with E-state index >= 15 is 0 Å². The van der Waals surface area contributed by atoms with E-state index in [9.17, 15) is 4.79 Å². The van der Waals surface area contributed by atoms with Crippen LogP contribution >= 0.6 is 11.6 Å². The van der Waals surface area contributed by atoms with Gasteiger partial charge in [0.2, 0.25) is 0 Å². The number of aromatic nitrogens is 1. The van der Waals surface area contributed by atoms with Crippen LogP contribution in [0.2, 0.25) is 5.02 Å². The van der Waals surface area contributed by atoms with Gasteiger partial charge in [0.1, 0.15) is 12.4 Å². The van der Waals surface area contributed by atoms with Crippen LogP contribution in [0.3, 0.4) is 0 Å². The van der Waals surface area contributed by atoms with E-state index in [0.29, 0.717) is 23.9 Å². The molecular weight excluding hydrogens is 266 g/mol. The van der Waals surface area contributed by atoms with Crippen molar-refractivity contribution in [3.05, 3.63) is 63.5 Å². The molecule has 1 aromatic carbocycles. The molecule has 100 valence electrons. The molecule has 1 aromatic heterocycles. The lowest BCUT2D eigenvalue weighted by molar-refractivity contribution is 0.280. The third-order valence-corrected chi connectivity index (χ3v) is 2.96. The van der Waals surface area contributed by atoms with Crippen molar-refractivity contribution in [2.24, 2.45) is 0 Å². The van der Waals surface area contributed by atoms with Gasteiger partial charge in [0, 0.05) is 12.3 Å². The minimum absolute atomic E-state index is 0.0561. The highest BCUT2D eigenvalue weighted by molar-refractivity contribution is 6.32. The number of hydrogen-bond donors (Lipinski definition) is 1. The van der Waals surface area contributed by atoms with Gasteiger partial charge >= 0.3 is 0 Å². The third kappa shape index (κ3) is 3.59. The van der Waals surface area contributed by atoms with Crippen LogP contribution in [0.15, 0.2) is 47.4 Å². The number of aliphatic hydroxyl groups excluding tert-OH is 1. The van der Waals surface area contributed by atoms with E-state index < -0.39 is 0 Å². The highest BCUT2D eigenvalue weighted by Crippen LogP contribution is 2.25. The van der Waals surface area contributed by atoms with Crippen LogP contribution in [0.4, 0.5) is 0 Å². The van der Waals surface area contributed by atoms with Gasteiger partial charge in [0.05, 0.1) is 18.2 Å². The summed E-state index contributed by atoms with van der Waals surface area (Å²) in [6.07, 6.45) is 1.71. The molecular formula is C14H14ClNO3. The van der Waals surface area contributed by atoms with E-state index in [1.54, 1.807) is 41.1 Å². The van der Waals surface area contributed by atoms with Crippen LogP contribution < -0.4 is 10.3 Å². The summed E-state index contributed by atoms with van der Waals surface area (Å²) < 4.78 is 7.09. The summed E-state index contributed by atoms with van der Waals surface area (Å²) >= 11 is 6.02. The number of benzene rings is 1. The molecule has 0 bridgehead atoms. The van der Waals surface area contributed by atoms with Gasteiger partial charge in [-0.2, -0.15) is 0 Å². The van der Waals surface area contributed by atoms with Crippen molar-refractivity contribution in [1.29, 1.82) is 0 Å². The molecule has 1 heterocycles. The summed E-state index contributed by atoms with van der Waals surface area (Å²) in [5.41, 5.74) is 0.671. The quantitative estimate of drug-likeness (QED) is 0.912. The zero-order chi connectivity index (χ0) is 13.7. The monoisotopic (exact) mass is 279 g/mol. The maximum Gasteiger partial charge on any atom is 0.250 e. The van der Waals surface area contributed by atoms with Crippen molar-refractivity contribution in [2.75, 3.05) is 6.61 Å².